The molecule has 0 amide bonds. The third-order valence-corrected chi connectivity index (χ3v) is 4.67. The zero-order chi connectivity index (χ0) is 18.6. The van der Waals surface area contributed by atoms with E-state index >= 15 is 0 Å². The van der Waals surface area contributed by atoms with Crippen molar-refractivity contribution >= 4 is 39.0 Å². The van der Waals surface area contributed by atoms with Gasteiger partial charge in [-0.1, -0.05) is 35.0 Å². The van der Waals surface area contributed by atoms with Gasteiger partial charge in [0.05, 0.1) is 15.5 Å². The molecule has 0 aromatic heterocycles. The molecule has 0 saturated heterocycles. The van der Waals surface area contributed by atoms with Gasteiger partial charge in [0.2, 0.25) is 0 Å². The highest BCUT2D eigenvalue weighted by Crippen LogP contribution is 2.23. The molecule has 2 aromatic carbocycles. The Morgan fingerprint density at radius 2 is 1.80 bits per heavy atom. The Kier molecular flexibility index (Phi) is 5.96. The molecule has 2 rings (SSSR count). The Morgan fingerprint density at radius 3 is 2.44 bits per heavy atom. The molecule has 0 unspecified atom stereocenters. The van der Waals surface area contributed by atoms with Crippen LogP contribution in [-0.2, 0) is 14.6 Å². The van der Waals surface area contributed by atoms with Crippen LogP contribution in [0, 0.1) is 11.8 Å². The SMILES string of the molecule is CS(=O)(=O)c1ccc(Cl)c(C#Cc2cc(Cl)ccc2OCC(=O)O)c1. The summed E-state index contributed by atoms with van der Waals surface area (Å²) >= 11 is 12.0. The van der Waals surface area contributed by atoms with E-state index in [1.165, 1.54) is 30.3 Å². The van der Waals surface area contributed by atoms with Gasteiger partial charge in [0, 0.05) is 16.8 Å². The molecule has 0 radical (unpaired) electrons. The predicted molar refractivity (Wildman–Crippen MR) is 95.1 cm³/mol. The lowest BCUT2D eigenvalue weighted by Gasteiger charge is -2.06. The predicted octanol–water partition coefficient (Wildman–Crippen LogP) is 3.26. The summed E-state index contributed by atoms with van der Waals surface area (Å²) in [6.45, 7) is -0.527. The fourth-order valence-electron chi connectivity index (χ4n) is 1.83. The Morgan fingerprint density at radius 1 is 1.12 bits per heavy atom. The van der Waals surface area contributed by atoms with Crippen LogP contribution < -0.4 is 4.74 Å². The molecular formula is C17H12Cl2O5S. The molecule has 0 aliphatic heterocycles. The summed E-state index contributed by atoms with van der Waals surface area (Å²) < 4.78 is 28.4. The van der Waals surface area contributed by atoms with Gasteiger partial charge in [0.25, 0.3) is 0 Å². The number of sulfone groups is 1. The summed E-state index contributed by atoms with van der Waals surface area (Å²) in [7, 11) is -3.40. The molecule has 0 aliphatic carbocycles. The monoisotopic (exact) mass is 398 g/mol. The first kappa shape index (κ1) is 19.1. The van der Waals surface area contributed by atoms with Crippen molar-refractivity contribution in [3.8, 4) is 17.6 Å². The van der Waals surface area contributed by atoms with E-state index in [1.54, 1.807) is 6.07 Å². The summed E-state index contributed by atoms with van der Waals surface area (Å²) in [5.74, 6) is 4.66. The lowest BCUT2D eigenvalue weighted by molar-refractivity contribution is -0.139. The van der Waals surface area contributed by atoms with Gasteiger partial charge >= 0.3 is 5.97 Å². The minimum absolute atomic E-state index is 0.0923. The second-order valence-corrected chi connectivity index (χ2v) is 7.85. The largest absolute Gasteiger partial charge is 0.481 e. The van der Waals surface area contributed by atoms with Gasteiger partial charge in [-0.15, -0.1) is 0 Å². The fourth-order valence-corrected chi connectivity index (χ4v) is 2.81. The smallest absolute Gasteiger partial charge is 0.341 e. The number of aliphatic carboxylic acids is 1. The number of carboxylic acids is 1. The van der Waals surface area contributed by atoms with Gasteiger partial charge in [0.15, 0.2) is 16.4 Å². The molecule has 0 heterocycles. The van der Waals surface area contributed by atoms with Crippen LogP contribution in [0.25, 0.3) is 0 Å². The van der Waals surface area contributed by atoms with E-state index in [-0.39, 0.29) is 15.7 Å². The van der Waals surface area contributed by atoms with Gasteiger partial charge in [-0.25, -0.2) is 13.2 Å². The maximum absolute atomic E-state index is 11.6. The number of hydrogen-bond acceptors (Lipinski definition) is 4. The standard InChI is InChI=1S/C17H12Cl2O5S/c1-25(22,23)14-5-6-15(19)11(9-14)2-3-12-8-13(18)4-7-16(12)24-10-17(20)21/h4-9H,10H2,1H3,(H,20,21). The molecular weight excluding hydrogens is 387 g/mol. The third-order valence-electron chi connectivity index (χ3n) is 2.99. The second kappa shape index (κ2) is 7.79. The third kappa shape index (κ3) is 5.40. The van der Waals surface area contributed by atoms with E-state index in [4.69, 9.17) is 33.0 Å². The number of hydrogen-bond donors (Lipinski definition) is 1. The molecule has 0 aliphatic rings. The van der Waals surface area contributed by atoms with Crippen LogP contribution in [0.15, 0.2) is 41.3 Å². The average Bonchev–Trinajstić information content (AvgIpc) is 2.52. The quantitative estimate of drug-likeness (QED) is 0.799. The van der Waals surface area contributed by atoms with Crippen LogP contribution in [-0.4, -0.2) is 32.4 Å². The number of ether oxygens (including phenoxy) is 1. The summed E-state index contributed by atoms with van der Waals surface area (Å²) in [5.41, 5.74) is 0.670. The van der Waals surface area contributed by atoms with E-state index in [9.17, 15) is 13.2 Å². The first-order valence-electron chi connectivity index (χ1n) is 6.82. The van der Waals surface area contributed by atoms with Crippen molar-refractivity contribution in [3.63, 3.8) is 0 Å². The molecule has 0 fully saturated rings. The number of carboxylic acid groups (broad SMARTS) is 1. The number of halogens is 2. The molecule has 130 valence electrons. The normalized spacial score (nSPS) is 10.7. The van der Waals surface area contributed by atoms with Crippen LogP contribution >= 0.6 is 23.2 Å². The number of carbonyl (C=O) groups is 1. The lowest BCUT2D eigenvalue weighted by atomic mass is 10.1. The number of benzene rings is 2. The zero-order valence-electron chi connectivity index (χ0n) is 12.9. The van der Waals surface area contributed by atoms with E-state index in [0.29, 0.717) is 16.1 Å². The maximum atomic E-state index is 11.6. The van der Waals surface area contributed by atoms with Crippen LogP contribution in [0.5, 0.6) is 5.75 Å². The topological polar surface area (TPSA) is 80.7 Å². The van der Waals surface area contributed by atoms with Crippen molar-refractivity contribution in [2.45, 2.75) is 4.90 Å². The molecule has 1 N–H and O–H groups in total. The summed E-state index contributed by atoms with van der Waals surface area (Å²) in [5, 5.41) is 9.39. The molecule has 2 aromatic rings. The van der Waals surface area contributed by atoms with Crippen molar-refractivity contribution in [3.05, 3.63) is 57.6 Å². The van der Waals surface area contributed by atoms with Crippen molar-refractivity contribution in [1.29, 1.82) is 0 Å². The summed E-state index contributed by atoms with van der Waals surface area (Å²) in [6, 6.07) is 8.77. The van der Waals surface area contributed by atoms with Crippen LogP contribution in [0.1, 0.15) is 11.1 Å². The Labute approximate surface area is 155 Å². The van der Waals surface area contributed by atoms with Crippen LogP contribution in [0.3, 0.4) is 0 Å². The molecule has 5 nitrogen and oxygen atoms in total. The highest BCUT2D eigenvalue weighted by atomic mass is 35.5. The minimum atomic E-state index is -3.40. The van der Waals surface area contributed by atoms with Crippen LogP contribution in [0.2, 0.25) is 10.0 Å². The van der Waals surface area contributed by atoms with Crippen molar-refractivity contribution < 1.29 is 23.1 Å². The molecule has 0 atom stereocenters. The highest BCUT2D eigenvalue weighted by molar-refractivity contribution is 7.90. The fraction of sp³-hybridized carbons (Fsp3) is 0.118. The van der Waals surface area contributed by atoms with E-state index in [0.717, 1.165) is 6.26 Å². The van der Waals surface area contributed by atoms with Crippen LogP contribution in [0.4, 0.5) is 0 Å². The molecule has 25 heavy (non-hydrogen) atoms. The Bertz CT molecular complexity index is 988. The highest BCUT2D eigenvalue weighted by Gasteiger charge is 2.10. The number of rotatable bonds is 4. The average molecular weight is 399 g/mol. The molecule has 8 heteroatoms. The van der Waals surface area contributed by atoms with Gasteiger partial charge in [0.1, 0.15) is 5.75 Å². The second-order valence-electron chi connectivity index (χ2n) is 4.99. The minimum Gasteiger partial charge on any atom is -0.481 e. The Hall–Kier alpha value is -2.20. The molecule has 0 bridgehead atoms. The van der Waals surface area contributed by atoms with Crippen molar-refractivity contribution in [2.75, 3.05) is 12.9 Å². The zero-order valence-corrected chi connectivity index (χ0v) is 15.2. The summed E-state index contributed by atoms with van der Waals surface area (Å²) in [4.78, 5) is 10.7. The van der Waals surface area contributed by atoms with Gasteiger partial charge in [-0.3, -0.25) is 0 Å². The van der Waals surface area contributed by atoms with Crippen molar-refractivity contribution in [2.24, 2.45) is 0 Å². The van der Waals surface area contributed by atoms with E-state index in [1.807, 2.05) is 0 Å². The van der Waals surface area contributed by atoms with E-state index < -0.39 is 22.4 Å². The maximum Gasteiger partial charge on any atom is 0.341 e. The van der Waals surface area contributed by atoms with Gasteiger partial charge in [-0.2, -0.15) is 0 Å². The summed E-state index contributed by atoms with van der Waals surface area (Å²) in [6.07, 6.45) is 1.09. The van der Waals surface area contributed by atoms with Gasteiger partial charge in [-0.05, 0) is 36.4 Å². The first-order chi connectivity index (χ1) is 11.7. The first-order valence-corrected chi connectivity index (χ1v) is 9.47. The molecule has 0 saturated carbocycles. The van der Waals surface area contributed by atoms with Crippen molar-refractivity contribution in [1.82, 2.24) is 0 Å². The van der Waals surface area contributed by atoms with Gasteiger partial charge < -0.3 is 9.84 Å². The Balaban J connectivity index is 2.44. The van der Waals surface area contributed by atoms with E-state index in [2.05, 4.69) is 11.8 Å². The molecule has 0 spiro atoms. The lowest BCUT2D eigenvalue weighted by Crippen LogP contribution is -2.10.